The van der Waals surface area contributed by atoms with Crippen molar-refractivity contribution in [1.82, 2.24) is 5.01 Å². The van der Waals surface area contributed by atoms with Gasteiger partial charge in [0.25, 0.3) is 5.91 Å². The fourth-order valence-corrected chi connectivity index (χ4v) is 4.13. The fraction of sp³-hybridized carbons (Fsp3) is 0.158. The Kier molecular flexibility index (Phi) is 5.07. The van der Waals surface area contributed by atoms with Gasteiger partial charge in [0.1, 0.15) is 17.2 Å². The number of rotatable bonds is 5. The Morgan fingerprint density at radius 1 is 1.31 bits per heavy atom. The molecule has 0 N–H and O–H groups in total. The van der Waals surface area contributed by atoms with E-state index in [-0.39, 0.29) is 18.6 Å². The molecule has 2 aromatic heterocycles. The van der Waals surface area contributed by atoms with Crippen LogP contribution in [0.15, 0.2) is 69.7 Å². The summed E-state index contributed by atoms with van der Waals surface area (Å²) in [5, 5.41) is 8.06. The molecule has 1 aliphatic heterocycles. The Morgan fingerprint density at radius 2 is 2.23 bits per heavy atom. The van der Waals surface area contributed by atoms with Gasteiger partial charge in [-0.1, -0.05) is 12.1 Å². The van der Waals surface area contributed by atoms with Crippen LogP contribution in [0.5, 0.6) is 5.75 Å². The van der Waals surface area contributed by atoms with Gasteiger partial charge < -0.3 is 9.15 Å². The van der Waals surface area contributed by atoms with Crippen molar-refractivity contribution in [3.63, 3.8) is 0 Å². The van der Waals surface area contributed by atoms with Crippen molar-refractivity contribution in [2.45, 2.75) is 12.5 Å². The first-order valence-corrected chi connectivity index (χ1v) is 10.0. The molecular weight excluding hydrogens is 463 g/mol. The van der Waals surface area contributed by atoms with Crippen molar-refractivity contribution in [3.05, 3.63) is 74.4 Å². The standard InChI is InChI=1S/C19H15IN2O3S/c20-13-4-1-5-14(10-13)25-12-19(23)22-16(18-7-3-9-26-18)11-15(21-22)17-6-2-8-24-17/h1-10,16H,11-12H2. The zero-order valence-electron chi connectivity index (χ0n) is 13.7. The fourth-order valence-electron chi connectivity index (χ4n) is 2.80. The number of halogens is 1. The molecule has 1 unspecified atom stereocenters. The highest BCUT2D eigenvalue weighted by atomic mass is 127. The molecule has 4 rings (SSSR count). The summed E-state index contributed by atoms with van der Waals surface area (Å²) in [5.74, 6) is 1.19. The van der Waals surface area contributed by atoms with Gasteiger partial charge >= 0.3 is 0 Å². The summed E-state index contributed by atoms with van der Waals surface area (Å²) < 4.78 is 12.2. The molecule has 7 heteroatoms. The average molecular weight is 478 g/mol. The maximum Gasteiger partial charge on any atom is 0.281 e. The molecule has 132 valence electrons. The average Bonchev–Trinajstić information content (AvgIpc) is 3.40. The lowest BCUT2D eigenvalue weighted by molar-refractivity contribution is -0.135. The third-order valence-electron chi connectivity index (χ3n) is 4.00. The van der Waals surface area contributed by atoms with Crippen LogP contribution >= 0.6 is 33.9 Å². The maximum absolute atomic E-state index is 12.8. The van der Waals surface area contributed by atoms with E-state index in [9.17, 15) is 4.79 Å². The number of amides is 1. The molecule has 0 saturated carbocycles. The second-order valence-corrected chi connectivity index (χ2v) is 7.97. The van der Waals surface area contributed by atoms with Gasteiger partial charge in [0, 0.05) is 14.9 Å². The van der Waals surface area contributed by atoms with Gasteiger partial charge in [0.2, 0.25) is 0 Å². The zero-order valence-corrected chi connectivity index (χ0v) is 16.6. The Balaban J connectivity index is 1.53. The number of hydrazone groups is 1. The highest BCUT2D eigenvalue weighted by Crippen LogP contribution is 2.35. The van der Waals surface area contributed by atoms with E-state index in [0.29, 0.717) is 17.9 Å². The number of hydrogen-bond acceptors (Lipinski definition) is 5. The minimum Gasteiger partial charge on any atom is -0.484 e. The third kappa shape index (κ3) is 3.68. The molecule has 5 nitrogen and oxygen atoms in total. The first kappa shape index (κ1) is 17.3. The summed E-state index contributed by atoms with van der Waals surface area (Å²) >= 11 is 3.83. The van der Waals surface area contributed by atoms with Gasteiger partial charge in [-0.2, -0.15) is 5.10 Å². The van der Waals surface area contributed by atoms with E-state index in [1.165, 1.54) is 5.01 Å². The quantitative estimate of drug-likeness (QED) is 0.500. The number of carbonyl (C=O) groups is 1. The van der Waals surface area contributed by atoms with Crippen molar-refractivity contribution in [2.75, 3.05) is 6.61 Å². The van der Waals surface area contributed by atoms with Crippen molar-refractivity contribution >= 4 is 45.5 Å². The molecule has 0 bridgehead atoms. The van der Waals surface area contributed by atoms with E-state index in [4.69, 9.17) is 9.15 Å². The van der Waals surface area contributed by atoms with Gasteiger partial charge in [0.15, 0.2) is 6.61 Å². The second kappa shape index (κ2) is 7.63. The Bertz CT molecular complexity index is 922. The molecule has 0 radical (unpaired) electrons. The lowest BCUT2D eigenvalue weighted by Crippen LogP contribution is -2.31. The predicted octanol–water partition coefficient (Wildman–Crippen LogP) is 4.70. The van der Waals surface area contributed by atoms with Crippen LogP contribution in [-0.2, 0) is 4.79 Å². The summed E-state index contributed by atoms with van der Waals surface area (Å²) in [6, 6.07) is 15.2. The molecule has 26 heavy (non-hydrogen) atoms. The number of carbonyl (C=O) groups excluding carboxylic acids is 1. The first-order valence-electron chi connectivity index (χ1n) is 8.06. The second-order valence-electron chi connectivity index (χ2n) is 5.74. The number of nitrogens with zero attached hydrogens (tertiary/aromatic N) is 2. The minimum atomic E-state index is -0.177. The van der Waals surface area contributed by atoms with Crippen LogP contribution in [-0.4, -0.2) is 23.2 Å². The summed E-state index contributed by atoms with van der Waals surface area (Å²) in [4.78, 5) is 13.9. The molecule has 0 spiro atoms. The Labute approximate surface area is 168 Å². The van der Waals surface area contributed by atoms with Gasteiger partial charge in [-0.3, -0.25) is 4.79 Å². The summed E-state index contributed by atoms with van der Waals surface area (Å²) in [6.07, 6.45) is 2.24. The molecular formula is C19H15IN2O3S. The Hall–Kier alpha value is -2.13. The molecule has 1 amide bonds. The maximum atomic E-state index is 12.8. The van der Waals surface area contributed by atoms with E-state index in [2.05, 4.69) is 27.7 Å². The molecule has 1 aromatic carbocycles. The van der Waals surface area contributed by atoms with Crippen molar-refractivity contribution < 1.29 is 13.9 Å². The summed E-state index contributed by atoms with van der Waals surface area (Å²) in [5.41, 5.74) is 0.774. The molecule has 0 aliphatic carbocycles. The van der Waals surface area contributed by atoms with Crippen LogP contribution in [0.3, 0.4) is 0 Å². The summed E-state index contributed by atoms with van der Waals surface area (Å²) in [7, 11) is 0. The smallest absolute Gasteiger partial charge is 0.281 e. The predicted molar refractivity (Wildman–Crippen MR) is 108 cm³/mol. The van der Waals surface area contributed by atoms with E-state index in [0.717, 1.165) is 14.2 Å². The highest BCUT2D eigenvalue weighted by Gasteiger charge is 2.34. The Morgan fingerprint density at radius 3 is 2.96 bits per heavy atom. The van der Waals surface area contributed by atoms with E-state index >= 15 is 0 Å². The molecule has 3 aromatic rings. The first-order chi connectivity index (χ1) is 12.7. The molecule has 0 saturated heterocycles. The highest BCUT2D eigenvalue weighted by molar-refractivity contribution is 14.1. The van der Waals surface area contributed by atoms with Crippen LogP contribution in [0.2, 0.25) is 0 Å². The topological polar surface area (TPSA) is 55.0 Å². The minimum absolute atomic E-state index is 0.0586. The normalized spacial score (nSPS) is 16.6. The number of benzene rings is 1. The van der Waals surface area contributed by atoms with Gasteiger partial charge in [-0.15, -0.1) is 11.3 Å². The van der Waals surface area contributed by atoms with Gasteiger partial charge in [-0.05, 0) is 64.4 Å². The van der Waals surface area contributed by atoms with Crippen LogP contribution in [0, 0.1) is 3.57 Å². The lowest BCUT2D eigenvalue weighted by Gasteiger charge is -2.20. The molecule has 3 heterocycles. The molecule has 1 atom stereocenters. The summed E-state index contributed by atoms with van der Waals surface area (Å²) in [6.45, 7) is -0.0586. The SMILES string of the molecule is O=C(COc1cccc(I)c1)N1N=C(c2ccco2)CC1c1cccs1. The van der Waals surface area contributed by atoms with Crippen molar-refractivity contribution in [3.8, 4) is 5.75 Å². The number of furan rings is 1. The molecule has 0 fully saturated rings. The lowest BCUT2D eigenvalue weighted by atomic mass is 10.1. The van der Waals surface area contributed by atoms with E-state index in [1.807, 2.05) is 53.9 Å². The van der Waals surface area contributed by atoms with Crippen LogP contribution in [0.1, 0.15) is 23.1 Å². The number of ether oxygens (including phenoxy) is 1. The number of hydrogen-bond donors (Lipinski definition) is 0. The van der Waals surface area contributed by atoms with E-state index in [1.54, 1.807) is 17.6 Å². The van der Waals surface area contributed by atoms with Crippen LogP contribution in [0.25, 0.3) is 0 Å². The van der Waals surface area contributed by atoms with Crippen molar-refractivity contribution in [2.24, 2.45) is 5.10 Å². The number of thiophene rings is 1. The van der Waals surface area contributed by atoms with E-state index < -0.39 is 0 Å². The largest absolute Gasteiger partial charge is 0.484 e. The third-order valence-corrected chi connectivity index (χ3v) is 5.65. The van der Waals surface area contributed by atoms with Crippen LogP contribution in [0.4, 0.5) is 0 Å². The van der Waals surface area contributed by atoms with Crippen molar-refractivity contribution in [1.29, 1.82) is 0 Å². The monoisotopic (exact) mass is 478 g/mol. The van der Waals surface area contributed by atoms with Gasteiger partial charge in [0.05, 0.1) is 12.3 Å². The zero-order chi connectivity index (χ0) is 17.9. The van der Waals surface area contributed by atoms with Gasteiger partial charge in [-0.25, -0.2) is 5.01 Å². The van der Waals surface area contributed by atoms with Crippen LogP contribution < -0.4 is 4.74 Å². The molecule has 1 aliphatic rings.